The summed E-state index contributed by atoms with van der Waals surface area (Å²) in [4.78, 5) is 0. The van der Waals surface area contributed by atoms with E-state index >= 15 is 0 Å². The van der Waals surface area contributed by atoms with Crippen LogP contribution in [-0.4, -0.2) is 46.3 Å². The van der Waals surface area contributed by atoms with Crippen molar-refractivity contribution < 1.29 is 23.4 Å². The van der Waals surface area contributed by atoms with Crippen molar-refractivity contribution in [3.63, 3.8) is 0 Å². The normalized spacial score (nSPS) is 52.6. The van der Waals surface area contributed by atoms with E-state index in [1.165, 1.54) is 37.9 Å². The van der Waals surface area contributed by atoms with E-state index in [2.05, 4.69) is 39.6 Å². The SMILES string of the molecule is C[C@]12CCCCC1C(O[Si](C)(C)C)=C[C@@H]1[C@@H]2CC[C@@]2(C)[C@H]1CC13OCCOC12OCCO3. The third-order valence-electron chi connectivity index (χ3n) is 10.1. The molecule has 0 aromatic rings. The highest BCUT2D eigenvalue weighted by Gasteiger charge is 2.79. The van der Waals surface area contributed by atoms with Crippen molar-refractivity contribution >= 4 is 8.32 Å². The number of rotatable bonds is 2. The molecule has 0 bridgehead atoms. The van der Waals surface area contributed by atoms with E-state index in [9.17, 15) is 0 Å². The molecule has 0 N–H and O–H groups in total. The predicted molar refractivity (Wildman–Crippen MR) is 124 cm³/mol. The number of ether oxygens (including phenoxy) is 4. The van der Waals surface area contributed by atoms with Crippen LogP contribution in [-0.2, 0) is 23.4 Å². The third-order valence-corrected chi connectivity index (χ3v) is 11.0. The summed E-state index contributed by atoms with van der Waals surface area (Å²) in [5.74, 6) is 1.94. The maximum absolute atomic E-state index is 6.85. The largest absolute Gasteiger partial charge is 0.547 e. The van der Waals surface area contributed by atoms with Crippen molar-refractivity contribution in [2.24, 2.45) is 34.5 Å². The summed E-state index contributed by atoms with van der Waals surface area (Å²) >= 11 is 0. The van der Waals surface area contributed by atoms with E-state index in [1.807, 2.05) is 0 Å². The zero-order valence-electron chi connectivity index (χ0n) is 20.7. The Labute approximate surface area is 194 Å². The van der Waals surface area contributed by atoms with Gasteiger partial charge in [-0.15, -0.1) is 0 Å². The Balaban J connectivity index is 1.46. The number of hydrogen-bond donors (Lipinski definition) is 0. The van der Waals surface area contributed by atoms with Gasteiger partial charge in [0.1, 0.15) is 0 Å². The van der Waals surface area contributed by atoms with Gasteiger partial charge in [0.2, 0.25) is 19.9 Å². The smallest absolute Gasteiger partial charge is 0.241 e. The molecule has 3 saturated carbocycles. The lowest BCUT2D eigenvalue weighted by Gasteiger charge is -2.61. The van der Waals surface area contributed by atoms with E-state index < -0.39 is 19.9 Å². The second kappa shape index (κ2) is 7.06. The van der Waals surface area contributed by atoms with Crippen molar-refractivity contribution in [1.29, 1.82) is 0 Å². The van der Waals surface area contributed by atoms with Crippen LogP contribution in [0.25, 0.3) is 0 Å². The first-order valence-electron chi connectivity index (χ1n) is 13.1. The lowest BCUT2D eigenvalue weighted by atomic mass is 9.46. The fraction of sp³-hybridized carbons (Fsp3) is 0.923. The van der Waals surface area contributed by atoms with Crippen LogP contribution in [0.4, 0.5) is 0 Å². The zero-order chi connectivity index (χ0) is 22.4. The molecule has 1 unspecified atom stereocenters. The molecule has 5 nitrogen and oxygen atoms in total. The second-order valence-electron chi connectivity index (χ2n) is 12.8. The van der Waals surface area contributed by atoms with Gasteiger partial charge in [-0.3, -0.25) is 0 Å². The van der Waals surface area contributed by atoms with E-state index in [1.54, 1.807) is 0 Å². The van der Waals surface area contributed by atoms with Crippen molar-refractivity contribution in [1.82, 2.24) is 0 Å². The standard InChI is InChI=1S/C26H42O5Si/c1-23-10-7-6-8-20(23)22(31-32(3,4)5)16-18-19(23)9-11-24(2)21(18)17-25-26(24,29-14-12-27-25)30-15-13-28-25/h16,18-21H,6-15,17H2,1-5H3/t18-,19+,20?,21+,23-,24+,25?,26?/m1/s1. The Hall–Kier alpha value is -0.403. The quantitative estimate of drug-likeness (QED) is 0.509. The molecule has 0 aromatic heterocycles. The van der Waals surface area contributed by atoms with Gasteiger partial charge < -0.3 is 23.4 Å². The summed E-state index contributed by atoms with van der Waals surface area (Å²) < 4.78 is 32.9. The first-order chi connectivity index (χ1) is 15.1. The van der Waals surface area contributed by atoms with Gasteiger partial charge in [-0.25, -0.2) is 0 Å². The molecule has 4 aliphatic carbocycles. The maximum Gasteiger partial charge on any atom is 0.241 e. The fourth-order valence-electron chi connectivity index (χ4n) is 8.93. The zero-order valence-corrected chi connectivity index (χ0v) is 21.7. The van der Waals surface area contributed by atoms with Gasteiger partial charge in [0.15, 0.2) is 0 Å². The molecule has 6 rings (SSSR count). The van der Waals surface area contributed by atoms with Gasteiger partial charge in [0.05, 0.1) is 32.2 Å². The van der Waals surface area contributed by atoms with Gasteiger partial charge in [0, 0.05) is 17.8 Å². The molecule has 2 heterocycles. The molecule has 32 heavy (non-hydrogen) atoms. The molecule has 5 fully saturated rings. The molecule has 6 atom stereocenters. The highest BCUT2D eigenvalue weighted by Crippen LogP contribution is 2.72. The highest BCUT2D eigenvalue weighted by atomic mass is 28.4. The Kier molecular flexibility index (Phi) is 4.88. The van der Waals surface area contributed by atoms with E-state index in [4.69, 9.17) is 23.4 Å². The molecule has 2 aliphatic heterocycles. The molecule has 0 amide bonds. The van der Waals surface area contributed by atoms with Gasteiger partial charge in [-0.05, 0) is 74.6 Å². The average Bonchev–Trinajstić information content (AvgIpc) is 2.99. The monoisotopic (exact) mass is 462 g/mol. The Morgan fingerprint density at radius 1 is 0.875 bits per heavy atom. The lowest BCUT2D eigenvalue weighted by molar-refractivity contribution is -0.474. The Morgan fingerprint density at radius 2 is 1.56 bits per heavy atom. The number of allylic oxidation sites excluding steroid dienone is 2. The van der Waals surface area contributed by atoms with E-state index in [0.717, 1.165) is 12.8 Å². The molecule has 180 valence electrons. The summed E-state index contributed by atoms with van der Waals surface area (Å²) in [7, 11) is -1.69. The molecular weight excluding hydrogens is 420 g/mol. The molecule has 2 saturated heterocycles. The molecule has 6 heteroatoms. The van der Waals surface area contributed by atoms with Crippen molar-refractivity contribution in [2.45, 2.75) is 90.0 Å². The summed E-state index contributed by atoms with van der Waals surface area (Å²) in [6, 6.07) is 0. The summed E-state index contributed by atoms with van der Waals surface area (Å²) in [5, 5.41) is 0. The molecule has 0 aromatic carbocycles. The molecule has 6 aliphatic rings. The van der Waals surface area contributed by atoms with Crippen LogP contribution < -0.4 is 0 Å². The molecular formula is C26H42O5Si. The van der Waals surface area contributed by atoms with Crippen molar-refractivity contribution in [3.8, 4) is 0 Å². The van der Waals surface area contributed by atoms with Crippen LogP contribution in [0.15, 0.2) is 11.8 Å². The minimum absolute atomic E-state index is 0.117. The summed E-state index contributed by atoms with van der Waals surface area (Å²) in [6.07, 6.45) is 11.1. The minimum atomic E-state index is -1.69. The highest BCUT2D eigenvalue weighted by molar-refractivity contribution is 6.70. The number of fused-ring (bicyclic) bond motifs is 5. The summed E-state index contributed by atoms with van der Waals surface area (Å²) in [6.45, 7) is 14.3. The van der Waals surface area contributed by atoms with Crippen molar-refractivity contribution in [3.05, 3.63) is 11.8 Å². The second-order valence-corrected chi connectivity index (χ2v) is 17.2. The fourth-order valence-corrected chi connectivity index (χ4v) is 9.85. The van der Waals surface area contributed by atoms with Crippen LogP contribution in [0.5, 0.6) is 0 Å². The van der Waals surface area contributed by atoms with Crippen LogP contribution in [0.1, 0.15) is 58.8 Å². The van der Waals surface area contributed by atoms with Crippen LogP contribution in [0.3, 0.4) is 0 Å². The van der Waals surface area contributed by atoms with Gasteiger partial charge in [-0.2, -0.15) is 0 Å². The topological polar surface area (TPSA) is 46.2 Å². The Morgan fingerprint density at radius 3 is 2.25 bits per heavy atom. The van der Waals surface area contributed by atoms with Crippen LogP contribution in [0, 0.1) is 34.5 Å². The lowest BCUT2D eigenvalue weighted by Crippen LogP contribution is -2.69. The van der Waals surface area contributed by atoms with E-state index in [0.29, 0.717) is 55.5 Å². The Bertz CT molecular complexity index is 793. The third kappa shape index (κ3) is 2.76. The van der Waals surface area contributed by atoms with E-state index in [-0.39, 0.29) is 5.41 Å². The first-order valence-corrected chi connectivity index (χ1v) is 16.5. The molecule has 0 radical (unpaired) electrons. The van der Waals surface area contributed by atoms with Crippen molar-refractivity contribution in [2.75, 3.05) is 26.4 Å². The number of hydrogen-bond acceptors (Lipinski definition) is 5. The summed E-state index contributed by atoms with van der Waals surface area (Å²) in [5.41, 5.74) is 0.208. The van der Waals surface area contributed by atoms with Gasteiger partial charge in [0.25, 0.3) is 0 Å². The van der Waals surface area contributed by atoms with Crippen LogP contribution >= 0.6 is 0 Å². The maximum atomic E-state index is 6.85. The van der Waals surface area contributed by atoms with Gasteiger partial charge >= 0.3 is 0 Å². The van der Waals surface area contributed by atoms with Crippen LogP contribution in [0.2, 0.25) is 19.6 Å². The van der Waals surface area contributed by atoms with Gasteiger partial charge in [-0.1, -0.05) is 26.7 Å². The first kappa shape index (κ1) is 22.1. The predicted octanol–water partition coefficient (Wildman–Crippen LogP) is 5.47. The minimum Gasteiger partial charge on any atom is -0.547 e. The average molecular weight is 463 g/mol. The molecule has 0 spiro atoms.